The van der Waals surface area contributed by atoms with Crippen molar-refractivity contribution < 1.29 is 13.2 Å². The molecular formula is C14H22N2O3S. The van der Waals surface area contributed by atoms with Gasteiger partial charge in [-0.3, -0.25) is 4.79 Å². The van der Waals surface area contributed by atoms with Crippen molar-refractivity contribution in [3.63, 3.8) is 0 Å². The molecule has 0 aliphatic carbocycles. The zero-order valence-electron chi connectivity index (χ0n) is 12.5. The summed E-state index contributed by atoms with van der Waals surface area (Å²) in [4.78, 5) is 12.2. The number of sulfonamides is 1. The summed E-state index contributed by atoms with van der Waals surface area (Å²) in [6, 6.07) is 6.01. The number of hydrogen-bond acceptors (Lipinski definition) is 3. The number of carbonyl (C=O) groups excluding carboxylic acids is 1. The van der Waals surface area contributed by atoms with E-state index in [9.17, 15) is 13.2 Å². The van der Waals surface area contributed by atoms with Crippen molar-refractivity contribution in [3.05, 3.63) is 29.8 Å². The Morgan fingerprint density at radius 3 is 2.00 bits per heavy atom. The van der Waals surface area contributed by atoms with E-state index in [1.54, 1.807) is 0 Å². The van der Waals surface area contributed by atoms with Crippen molar-refractivity contribution in [2.24, 2.45) is 5.92 Å². The van der Waals surface area contributed by atoms with Crippen LogP contribution in [0.15, 0.2) is 29.2 Å². The maximum Gasteiger partial charge on any atom is 0.251 e. The Morgan fingerprint density at radius 2 is 1.60 bits per heavy atom. The van der Waals surface area contributed by atoms with E-state index in [4.69, 9.17) is 0 Å². The molecule has 0 saturated carbocycles. The van der Waals surface area contributed by atoms with Crippen LogP contribution in [0.1, 0.15) is 31.1 Å². The molecule has 6 heteroatoms. The van der Waals surface area contributed by atoms with E-state index in [-0.39, 0.29) is 16.8 Å². The summed E-state index contributed by atoms with van der Waals surface area (Å²) in [5.41, 5.74) is 0.454. The summed E-state index contributed by atoms with van der Waals surface area (Å²) in [7, 11) is -0.509. The van der Waals surface area contributed by atoms with Crippen LogP contribution in [-0.4, -0.2) is 38.8 Å². The van der Waals surface area contributed by atoms with Gasteiger partial charge in [-0.2, -0.15) is 0 Å². The van der Waals surface area contributed by atoms with Gasteiger partial charge in [-0.1, -0.05) is 13.8 Å². The van der Waals surface area contributed by atoms with Gasteiger partial charge in [0.1, 0.15) is 0 Å². The molecule has 1 amide bonds. The Morgan fingerprint density at radius 1 is 1.10 bits per heavy atom. The quantitative estimate of drug-likeness (QED) is 0.900. The third kappa shape index (κ3) is 3.80. The molecular weight excluding hydrogens is 276 g/mol. The molecule has 20 heavy (non-hydrogen) atoms. The third-order valence-electron chi connectivity index (χ3n) is 3.25. The van der Waals surface area contributed by atoms with Crippen molar-refractivity contribution in [2.75, 3.05) is 14.1 Å². The summed E-state index contributed by atoms with van der Waals surface area (Å²) in [6.07, 6.45) is 0. The van der Waals surface area contributed by atoms with Gasteiger partial charge in [0.05, 0.1) is 4.90 Å². The van der Waals surface area contributed by atoms with E-state index in [1.807, 2.05) is 20.8 Å². The first-order valence-corrected chi connectivity index (χ1v) is 7.93. The topological polar surface area (TPSA) is 66.5 Å². The molecule has 1 aromatic carbocycles. The van der Waals surface area contributed by atoms with Gasteiger partial charge in [-0.15, -0.1) is 0 Å². The maximum atomic E-state index is 12.0. The Balaban J connectivity index is 2.90. The van der Waals surface area contributed by atoms with E-state index in [0.29, 0.717) is 11.5 Å². The molecule has 0 saturated heterocycles. The summed E-state index contributed by atoms with van der Waals surface area (Å²) >= 11 is 0. The van der Waals surface area contributed by atoms with Gasteiger partial charge in [0, 0.05) is 25.7 Å². The number of benzene rings is 1. The predicted molar refractivity (Wildman–Crippen MR) is 79.1 cm³/mol. The van der Waals surface area contributed by atoms with Crippen LogP contribution in [-0.2, 0) is 10.0 Å². The smallest absolute Gasteiger partial charge is 0.251 e. The first kappa shape index (κ1) is 16.7. The van der Waals surface area contributed by atoms with Crippen molar-refractivity contribution >= 4 is 15.9 Å². The number of carbonyl (C=O) groups is 1. The lowest BCUT2D eigenvalue weighted by molar-refractivity contribution is 0.0930. The second-order valence-corrected chi connectivity index (χ2v) is 7.47. The van der Waals surface area contributed by atoms with Crippen molar-refractivity contribution in [2.45, 2.75) is 31.7 Å². The standard InChI is InChI=1S/C14H22N2O3S/c1-10(2)11(3)15-14(17)12-6-8-13(9-7-12)20(18,19)16(4)5/h6-11H,1-5H3,(H,15,17)/t11-/m1/s1. The average molecular weight is 298 g/mol. The van der Waals surface area contributed by atoms with Gasteiger partial charge in [-0.05, 0) is 37.1 Å². The summed E-state index contributed by atoms with van der Waals surface area (Å²) in [5.74, 6) is 0.146. The monoisotopic (exact) mass is 298 g/mol. The molecule has 0 aromatic heterocycles. The zero-order chi connectivity index (χ0) is 15.5. The van der Waals surface area contributed by atoms with Crippen LogP contribution in [0.5, 0.6) is 0 Å². The van der Waals surface area contributed by atoms with Gasteiger partial charge in [0.25, 0.3) is 5.91 Å². The zero-order valence-corrected chi connectivity index (χ0v) is 13.4. The molecule has 0 radical (unpaired) electrons. The van der Waals surface area contributed by atoms with Gasteiger partial charge in [0.2, 0.25) is 10.0 Å². The van der Waals surface area contributed by atoms with Gasteiger partial charge < -0.3 is 5.32 Å². The van der Waals surface area contributed by atoms with E-state index in [1.165, 1.54) is 38.4 Å². The summed E-state index contributed by atoms with van der Waals surface area (Å²) in [5, 5.41) is 2.88. The van der Waals surface area contributed by atoms with Gasteiger partial charge in [-0.25, -0.2) is 12.7 Å². The summed E-state index contributed by atoms with van der Waals surface area (Å²) < 4.78 is 25.0. The van der Waals surface area contributed by atoms with Crippen LogP contribution in [0.25, 0.3) is 0 Å². The molecule has 1 rings (SSSR count). The third-order valence-corrected chi connectivity index (χ3v) is 5.08. The fourth-order valence-electron chi connectivity index (χ4n) is 1.45. The normalized spacial score (nSPS) is 13.6. The van der Waals surface area contributed by atoms with Crippen LogP contribution < -0.4 is 5.32 Å². The maximum absolute atomic E-state index is 12.0. The predicted octanol–water partition coefficient (Wildman–Crippen LogP) is 1.71. The van der Waals surface area contributed by atoms with E-state index in [2.05, 4.69) is 5.32 Å². The van der Waals surface area contributed by atoms with E-state index >= 15 is 0 Å². The second kappa shape index (κ2) is 6.37. The molecule has 0 fully saturated rings. The van der Waals surface area contributed by atoms with E-state index < -0.39 is 10.0 Å². The average Bonchev–Trinajstić information content (AvgIpc) is 2.38. The van der Waals surface area contributed by atoms with Crippen molar-refractivity contribution in [1.29, 1.82) is 0 Å². The SMILES string of the molecule is CC(C)[C@@H](C)NC(=O)c1ccc(S(=O)(=O)N(C)C)cc1. The molecule has 1 atom stereocenters. The lowest BCUT2D eigenvalue weighted by Gasteiger charge is -2.17. The first-order valence-electron chi connectivity index (χ1n) is 6.49. The Kier molecular flexibility index (Phi) is 5.30. The fraction of sp³-hybridized carbons (Fsp3) is 0.500. The number of nitrogens with zero attached hydrogens (tertiary/aromatic N) is 1. The minimum absolute atomic E-state index is 0.0627. The van der Waals surface area contributed by atoms with Gasteiger partial charge in [0.15, 0.2) is 0 Å². The highest BCUT2D eigenvalue weighted by Crippen LogP contribution is 2.14. The van der Waals surface area contributed by atoms with Crippen LogP contribution in [0, 0.1) is 5.92 Å². The highest BCUT2D eigenvalue weighted by molar-refractivity contribution is 7.89. The lowest BCUT2D eigenvalue weighted by Crippen LogP contribution is -2.36. The van der Waals surface area contributed by atoms with Crippen LogP contribution in [0.4, 0.5) is 0 Å². The van der Waals surface area contributed by atoms with Crippen LogP contribution in [0.2, 0.25) is 0 Å². The molecule has 0 unspecified atom stereocenters. The molecule has 112 valence electrons. The minimum Gasteiger partial charge on any atom is -0.349 e. The van der Waals surface area contributed by atoms with E-state index in [0.717, 1.165) is 4.31 Å². The Hall–Kier alpha value is -1.40. The molecule has 1 N–H and O–H groups in total. The molecule has 0 bridgehead atoms. The summed E-state index contributed by atoms with van der Waals surface area (Å²) in [6.45, 7) is 5.99. The fourth-order valence-corrected chi connectivity index (χ4v) is 2.35. The molecule has 0 aliphatic heterocycles. The first-order chi connectivity index (χ1) is 9.16. The highest BCUT2D eigenvalue weighted by Gasteiger charge is 2.18. The molecule has 0 spiro atoms. The molecule has 0 aliphatic rings. The largest absolute Gasteiger partial charge is 0.349 e. The van der Waals surface area contributed by atoms with Crippen LogP contribution >= 0.6 is 0 Å². The van der Waals surface area contributed by atoms with Crippen molar-refractivity contribution in [1.82, 2.24) is 9.62 Å². The molecule has 5 nitrogen and oxygen atoms in total. The second-order valence-electron chi connectivity index (χ2n) is 5.32. The number of nitrogens with one attached hydrogen (secondary N) is 1. The van der Waals surface area contributed by atoms with Crippen molar-refractivity contribution in [3.8, 4) is 0 Å². The van der Waals surface area contributed by atoms with Gasteiger partial charge >= 0.3 is 0 Å². The number of amides is 1. The number of rotatable bonds is 5. The Bertz CT molecular complexity index is 563. The molecule has 1 aromatic rings. The number of hydrogen-bond donors (Lipinski definition) is 1. The Labute approximate surface area is 121 Å². The molecule has 0 heterocycles. The minimum atomic E-state index is -3.45. The lowest BCUT2D eigenvalue weighted by atomic mass is 10.1. The van der Waals surface area contributed by atoms with Crippen LogP contribution in [0.3, 0.4) is 0 Å². The highest BCUT2D eigenvalue weighted by atomic mass is 32.2.